The molecule has 162 valence electrons. The highest BCUT2D eigenvalue weighted by atomic mass is 19.1. The second kappa shape index (κ2) is 9.01. The summed E-state index contributed by atoms with van der Waals surface area (Å²) in [5.41, 5.74) is 5.75. The molecule has 0 aromatic heterocycles. The lowest BCUT2D eigenvalue weighted by atomic mass is 9.99. The molecular formula is C25H23FN3O3+. The summed E-state index contributed by atoms with van der Waals surface area (Å²) in [4.78, 5) is 25.8. The average Bonchev–Trinajstić information content (AvgIpc) is 3.09. The van der Waals surface area contributed by atoms with E-state index in [1.807, 2.05) is 25.1 Å². The van der Waals surface area contributed by atoms with E-state index in [0.717, 1.165) is 11.1 Å². The lowest BCUT2D eigenvalue weighted by molar-refractivity contribution is -0.596. The molecule has 0 radical (unpaired) electrons. The van der Waals surface area contributed by atoms with Crippen LogP contribution < -0.4 is 15.5 Å². The van der Waals surface area contributed by atoms with Crippen molar-refractivity contribution in [1.82, 2.24) is 10.7 Å². The maximum Gasteiger partial charge on any atom is 0.304 e. The second-order valence-corrected chi connectivity index (χ2v) is 7.60. The van der Waals surface area contributed by atoms with Gasteiger partial charge in [0, 0.05) is 16.7 Å². The zero-order chi connectivity index (χ0) is 22.7. The maximum absolute atomic E-state index is 13.3. The number of benzene rings is 3. The number of hydrazone groups is 1. The van der Waals surface area contributed by atoms with Gasteiger partial charge < -0.3 is 10.1 Å². The summed E-state index contributed by atoms with van der Waals surface area (Å²) < 4.78 is 20.2. The third-order valence-corrected chi connectivity index (χ3v) is 5.32. The van der Waals surface area contributed by atoms with Crippen molar-refractivity contribution in [1.29, 1.82) is 0 Å². The van der Waals surface area contributed by atoms with Crippen LogP contribution in [0.4, 0.5) is 4.39 Å². The lowest BCUT2D eigenvalue weighted by Crippen LogP contribution is -2.42. The second-order valence-electron chi connectivity index (χ2n) is 7.60. The van der Waals surface area contributed by atoms with Gasteiger partial charge in [-0.3, -0.25) is 9.59 Å². The number of ether oxygens (including phenoxy) is 1. The number of hydrogen-bond donors (Lipinski definition) is 2. The van der Waals surface area contributed by atoms with Crippen LogP contribution in [0.2, 0.25) is 0 Å². The quantitative estimate of drug-likeness (QED) is 0.609. The van der Waals surface area contributed by atoms with Crippen LogP contribution in [0.1, 0.15) is 33.1 Å². The summed E-state index contributed by atoms with van der Waals surface area (Å²) in [5, 5.41) is 2.87. The summed E-state index contributed by atoms with van der Waals surface area (Å²) in [6.45, 7) is 1.90. The Labute approximate surface area is 185 Å². The monoisotopic (exact) mass is 432 g/mol. The molecule has 7 heteroatoms. The molecule has 2 N–H and O–H groups in total. The SMILES string of the molecule is COc1ccc([C@H]2[C@H](NC(=O)c3cccc(C)c3)C(=O)N/[N+]2=C\c2ccc(F)cc2)cc1. The molecule has 3 aromatic rings. The number of hydrogen-bond acceptors (Lipinski definition) is 3. The Hall–Kier alpha value is -4.00. The van der Waals surface area contributed by atoms with Gasteiger partial charge in [-0.2, -0.15) is 0 Å². The zero-order valence-electron chi connectivity index (χ0n) is 17.7. The molecule has 1 saturated heterocycles. The summed E-state index contributed by atoms with van der Waals surface area (Å²) in [6, 6.07) is 19.0. The van der Waals surface area contributed by atoms with Crippen LogP contribution in [0.15, 0.2) is 72.8 Å². The van der Waals surface area contributed by atoms with Crippen molar-refractivity contribution in [3.8, 4) is 5.75 Å². The number of methoxy groups -OCH3 is 1. The van der Waals surface area contributed by atoms with E-state index in [1.165, 1.54) is 12.1 Å². The van der Waals surface area contributed by atoms with E-state index in [4.69, 9.17) is 4.74 Å². The van der Waals surface area contributed by atoms with Gasteiger partial charge in [-0.05, 0) is 67.6 Å². The Bertz CT molecular complexity index is 1170. The van der Waals surface area contributed by atoms with Crippen molar-refractivity contribution in [3.63, 3.8) is 0 Å². The minimum absolute atomic E-state index is 0.337. The summed E-state index contributed by atoms with van der Waals surface area (Å²) in [5.74, 6) is -0.343. The number of carbonyl (C=O) groups is 2. The van der Waals surface area contributed by atoms with E-state index in [0.29, 0.717) is 16.9 Å². The molecule has 1 aliphatic heterocycles. The van der Waals surface area contributed by atoms with Gasteiger partial charge in [-0.25, -0.2) is 4.39 Å². The summed E-state index contributed by atoms with van der Waals surface area (Å²) in [7, 11) is 1.58. The van der Waals surface area contributed by atoms with Crippen molar-refractivity contribution < 1.29 is 23.4 Å². The highest BCUT2D eigenvalue weighted by Crippen LogP contribution is 2.27. The highest BCUT2D eigenvalue weighted by Gasteiger charge is 2.47. The van der Waals surface area contributed by atoms with Crippen LogP contribution in [0.3, 0.4) is 0 Å². The fraction of sp³-hybridized carbons (Fsp3) is 0.160. The largest absolute Gasteiger partial charge is 0.497 e. The Balaban J connectivity index is 1.70. The minimum atomic E-state index is -0.840. The fourth-order valence-electron chi connectivity index (χ4n) is 3.70. The number of hydrazine groups is 1. The van der Waals surface area contributed by atoms with E-state index in [2.05, 4.69) is 10.7 Å². The Morgan fingerprint density at radius 1 is 1.09 bits per heavy atom. The first-order chi connectivity index (χ1) is 15.4. The number of nitrogens with zero attached hydrogens (tertiary/aromatic N) is 1. The molecule has 0 unspecified atom stereocenters. The Morgan fingerprint density at radius 2 is 1.81 bits per heavy atom. The standard InChI is InChI=1S/C25H22FN3O3/c1-16-4-3-5-19(14-16)24(30)27-22-23(18-8-12-21(32-2)13-9-18)29(28-25(22)31)15-17-6-10-20(26)11-7-17/h3-15,22-23H,1-2H3,(H-,27,28,30,31)/p+1/b29-15-/t22-,23-/m0/s1. The number of halogens is 1. The van der Waals surface area contributed by atoms with Crippen molar-refractivity contribution >= 4 is 18.0 Å². The highest BCUT2D eigenvalue weighted by molar-refractivity contribution is 5.98. The molecule has 32 heavy (non-hydrogen) atoms. The normalized spacial score (nSPS) is 19.0. The van der Waals surface area contributed by atoms with Crippen LogP contribution in [0, 0.1) is 12.7 Å². The molecule has 6 nitrogen and oxygen atoms in total. The van der Waals surface area contributed by atoms with Gasteiger partial charge in [0.1, 0.15) is 11.6 Å². The fourth-order valence-corrected chi connectivity index (χ4v) is 3.70. The van der Waals surface area contributed by atoms with Crippen LogP contribution in [0.5, 0.6) is 5.75 Å². The van der Waals surface area contributed by atoms with Crippen LogP contribution in [-0.4, -0.2) is 35.9 Å². The average molecular weight is 432 g/mol. The van der Waals surface area contributed by atoms with Gasteiger partial charge in [0.25, 0.3) is 5.91 Å². The topological polar surface area (TPSA) is 70.4 Å². The molecule has 2 atom stereocenters. The maximum atomic E-state index is 13.3. The Kier molecular flexibility index (Phi) is 5.98. The molecule has 1 fully saturated rings. The zero-order valence-corrected chi connectivity index (χ0v) is 17.7. The lowest BCUT2D eigenvalue weighted by Gasteiger charge is -2.15. The van der Waals surface area contributed by atoms with Gasteiger partial charge in [-0.1, -0.05) is 17.7 Å². The number of nitrogens with one attached hydrogen (secondary N) is 2. The van der Waals surface area contributed by atoms with Gasteiger partial charge in [0.2, 0.25) is 12.3 Å². The molecular weight excluding hydrogens is 409 g/mol. The number of aryl methyl sites for hydroxylation is 1. The number of carbonyl (C=O) groups excluding carboxylic acids is 2. The van der Waals surface area contributed by atoms with Crippen molar-refractivity contribution in [2.45, 2.75) is 19.0 Å². The molecule has 0 aliphatic carbocycles. The molecule has 1 aliphatic rings. The number of rotatable bonds is 5. The first-order valence-corrected chi connectivity index (χ1v) is 10.2. The molecule has 0 saturated carbocycles. The molecule has 4 rings (SSSR count). The summed E-state index contributed by atoms with van der Waals surface area (Å²) in [6.07, 6.45) is 1.71. The van der Waals surface area contributed by atoms with Crippen LogP contribution in [0.25, 0.3) is 0 Å². The van der Waals surface area contributed by atoms with Crippen molar-refractivity contribution in [2.75, 3.05) is 7.11 Å². The van der Waals surface area contributed by atoms with Gasteiger partial charge >= 0.3 is 5.91 Å². The Morgan fingerprint density at radius 3 is 2.47 bits per heavy atom. The third kappa shape index (κ3) is 4.51. The molecule has 0 bridgehead atoms. The van der Waals surface area contributed by atoms with Crippen LogP contribution in [-0.2, 0) is 4.79 Å². The minimum Gasteiger partial charge on any atom is -0.497 e. The first-order valence-electron chi connectivity index (χ1n) is 10.2. The van der Waals surface area contributed by atoms with Crippen molar-refractivity contribution in [3.05, 3.63) is 101 Å². The van der Waals surface area contributed by atoms with E-state index in [1.54, 1.807) is 60.5 Å². The predicted octanol–water partition coefficient (Wildman–Crippen LogP) is 3.16. The molecule has 1 heterocycles. The molecule has 3 aromatic carbocycles. The van der Waals surface area contributed by atoms with E-state index in [-0.39, 0.29) is 17.6 Å². The van der Waals surface area contributed by atoms with E-state index in [9.17, 15) is 14.0 Å². The smallest absolute Gasteiger partial charge is 0.304 e. The van der Waals surface area contributed by atoms with E-state index >= 15 is 0 Å². The van der Waals surface area contributed by atoms with Gasteiger partial charge in [0.05, 0.1) is 7.11 Å². The first kappa shape index (κ1) is 21.2. The third-order valence-electron chi connectivity index (χ3n) is 5.32. The van der Waals surface area contributed by atoms with Gasteiger partial charge in [0.15, 0.2) is 6.04 Å². The molecule has 0 spiro atoms. The molecule has 2 amide bonds. The van der Waals surface area contributed by atoms with Crippen molar-refractivity contribution in [2.24, 2.45) is 0 Å². The summed E-state index contributed by atoms with van der Waals surface area (Å²) >= 11 is 0. The van der Waals surface area contributed by atoms with Gasteiger partial charge in [-0.15, -0.1) is 10.1 Å². The van der Waals surface area contributed by atoms with Crippen LogP contribution >= 0.6 is 0 Å². The van der Waals surface area contributed by atoms with E-state index < -0.39 is 12.1 Å². The predicted molar refractivity (Wildman–Crippen MR) is 118 cm³/mol. The number of amides is 2.